The Kier molecular flexibility index (Phi) is 6.69. The summed E-state index contributed by atoms with van der Waals surface area (Å²) in [5.41, 5.74) is 0.302. The molecule has 148 valence electrons. The molecule has 7 heteroatoms. The second-order valence-corrected chi connectivity index (χ2v) is 8.09. The average molecular weight is 476 g/mol. The van der Waals surface area contributed by atoms with E-state index in [-0.39, 0.29) is 36.4 Å². The molecule has 0 bridgehead atoms. The summed E-state index contributed by atoms with van der Waals surface area (Å²) in [5.74, 6) is 1.56. The van der Waals surface area contributed by atoms with Gasteiger partial charge in [-0.2, -0.15) is 0 Å². The van der Waals surface area contributed by atoms with E-state index in [2.05, 4.69) is 22.5 Å². The highest BCUT2D eigenvalue weighted by molar-refractivity contribution is 14.0. The number of likely N-dealkylation sites (tertiary alicyclic amines) is 1. The summed E-state index contributed by atoms with van der Waals surface area (Å²) in [6, 6.07) is 0.446. The third kappa shape index (κ3) is 3.57. The van der Waals surface area contributed by atoms with Crippen LogP contribution in [0.1, 0.15) is 51.9 Å². The first-order valence-electron chi connectivity index (χ1n) is 10.2. The summed E-state index contributed by atoms with van der Waals surface area (Å²) in [6.45, 7) is 5.83. The van der Waals surface area contributed by atoms with Crippen molar-refractivity contribution in [3.8, 4) is 0 Å². The number of hydrogen-bond acceptors (Lipinski definition) is 3. The SMILES string of the molecule is CCNC(=NCC(=O)N1CCCC1)NC1C2CCOC2C12CCCC2.I. The zero-order valence-electron chi connectivity index (χ0n) is 15.8. The molecular formula is C19H33IN4O2. The van der Waals surface area contributed by atoms with E-state index in [1.807, 2.05) is 4.90 Å². The van der Waals surface area contributed by atoms with E-state index >= 15 is 0 Å². The zero-order chi connectivity index (χ0) is 17.3. The lowest BCUT2D eigenvalue weighted by Crippen LogP contribution is -2.69. The quantitative estimate of drug-likeness (QED) is 0.371. The lowest BCUT2D eigenvalue weighted by Gasteiger charge is -2.57. The summed E-state index contributed by atoms with van der Waals surface area (Å²) in [6.07, 6.45) is 8.99. The second kappa shape index (κ2) is 8.63. The first kappa shape index (κ1) is 20.2. The van der Waals surface area contributed by atoms with Crippen molar-refractivity contribution in [1.29, 1.82) is 0 Å². The van der Waals surface area contributed by atoms with E-state index in [1.54, 1.807) is 0 Å². The molecule has 0 aromatic carbocycles. The van der Waals surface area contributed by atoms with Gasteiger partial charge in [-0.05, 0) is 39.0 Å². The first-order chi connectivity index (χ1) is 12.2. The number of amides is 1. The van der Waals surface area contributed by atoms with Crippen LogP contribution in [-0.4, -0.2) is 61.7 Å². The molecule has 26 heavy (non-hydrogen) atoms. The summed E-state index contributed by atoms with van der Waals surface area (Å²) in [4.78, 5) is 18.9. The van der Waals surface area contributed by atoms with Gasteiger partial charge in [0.2, 0.25) is 5.91 Å². The van der Waals surface area contributed by atoms with Gasteiger partial charge in [-0.3, -0.25) is 4.79 Å². The number of carbonyl (C=O) groups is 1. The van der Waals surface area contributed by atoms with Gasteiger partial charge >= 0.3 is 0 Å². The Morgan fingerprint density at radius 1 is 1.23 bits per heavy atom. The number of fused-ring (bicyclic) bond motifs is 2. The molecule has 2 N–H and O–H groups in total. The van der Waals surface area contributed by atoms with Gasteiger partial charge in [-0.1, -0.05) is 12.8 Å². The zero-order valence-corrected chi connectivity index (χ0v) is 18.2. The highest BCUT2D eigenvalue weighted by Gasteiger charge is 2.65. The highest BCUT2D eigenvalue weighted by Crippen LogP contribution is 2.60. The van der Waals surface area contributed by atoms with Gasteiger partial charge in [0.15, 0.2) is 5.96 Å². The largest absolute Gasteiger partial charge is 0.377 e. The summed E-state index contributed by atoms with van der Waals surface area (Å²) in [7, 11) is 0. The lowest BCUT2D eigenvalue weighted by atomic mass is 9.54. The van der Waals surface area contributed by atoms with E-state index in [0.29, 0.717) is 23.5 Å². The van der Waals surface area contributed by atoms with E-state index in [4.69, 9.17) is 4.74 Å². The predicted molar refractivity (Wildman–Crippen MR) is 113 cm³/mol. The van der Waals surface area contributed by atoms with Crippen molar-refractivity contribution < 1.29 is 9.53 Å². The van der Waals surface area contributed by atoms with Crippen LogP contribution in [0.2, 0.25) is 0 Å². The highest BCUT2D eigenvalue weighted by atomic mass is 127. The van der Waals surface area contributed by atoms with E-state index < -0.39 is 0 Å². The van der Waals surface area contributed by atoms with Crippen LogP contribution < -0.4 is 10.6 Å². The average Bonchev–Trinajstić information content (AvgIpc) is 3.37. The Bertz CT molecular complexity index is 530. The van der Waals surface area contributed by atoms with E-state index in [0.717, 1.165) is 51.5 Å². The van der Waals surface area contributed by atoms with Gasteiger partial charge in [0.05, 0.1) is 6.10 Å². The van der Waals surface area contributed by atoms with Crippen LogP contribution in [0.25, 0.3) is 0 Å². The van der Waals surface area contributed by atoms with Crippen molar-refractivity contribution in [1.82, 2.24) is 15.5 Å². The molecule has 4 aliphatic rings. The minimum Gasteiger partial charge on any atom is -0.377 e. The van der Waals surface area contributed by atoms with Gasteiger partial charge in [-0.25, -0.2) is 4.99 Å². The number of aliphatic imine (C=N–C) groups is 1. The number of rotatable bonds is 4. The van der Waals surface area contributed by atoms with Crippen LogP contribution in [0.3, 0.4) is 0 Å². The van der Waals surface area contributed by atoms with Crippen molar-refractivity contribution in [3.05, 3.63) is 0 Å². The Balaban J connectivity index is 0.00000196. The molecule has 3 unspecified atom stereocenters. The van der Waals surface area contributed by atoms with Crippen molar-refractivity contribution in [2.75, 3.05) is 32.8 Å². The fourth-order valence-electron chi connectivity index (χ4n) is 5.58. The molecule has 0 radical (unpaired) electrons. The number of ether oxygens (including phenoxy) is 1. The van der Waals surface area contributed by atoms with Crippen molar-refractivity contribution in [2.45, 2.75) is 64.0 Å². The van der Waals surface area contributed by atoms with Gasteiger partial charge in [0.1, 0.15) is 6.54 Å². The molecule has 6 nitrogen and oxygen atoms in total. The number of nitrogens with one attached hydrogen (secondary N) is 2. The topological polar surface area (TPSA) is 66.0 Å². The van der Waals surface area contributed by atoms with Gasteiger partial charge in [0.25, 0.3) is 0 Å². The third-order valence-corrected chi connectivity index (χ3v) is 6.75. The number of nitrogens with zero attached hydrogens (tertiary/aromatic N) is 2. The molecule has 2 aliphatic carbocycles. The predicted octanol–water partition coefficient (Wildman–Crippen LogP) is 2.13. The van der Waals surface area contributed by atoms with E-state index in [9.17, 15) is 4.79 Å². The molecule has 2 saturated carbocycles. The maximum absolute atomic E-state index is 12.3. The molecule has 2 heterocycles. The molecule has 2 aliphatic heterocycles. The van der Waals surface area contributed by atoms with Gasteiger partial charge < -0.3 is 20.3 Å². The summed E-state index contributed by atoms with van der Waals surface area (Å²) >= 11 is 0. The van der Waals surface area contributed by atoms with Crippen LogP contribution in [0, 0.1) is 11.3 Å². The van der Waals surface area contributed by atoms with Gasteiger partial charge in [-0.15, -0.1) is 24.0 Å². The summed E-state index contributed by atoms with van der Waals surface area (Å²) < 4.78 is 6.07. The Morgan fingerprint density at radius 2 is 1.96 bits per heavy atom. The molecule has 0 aromatic rings. The Hall–Kier alpha value is -0.570. The van der Waals surface area contributed by atoms with Crippen LogP contribution in [0.5, 0.6) is 0 Å². The molecule has 4 fully saturated rings. The van der Waals surface area contributed by atoms with Crippen LogP contribution >= 0.6 is 24.0 Å². The van der Waals surface area contributed by atoms with Crippen molar-refractivity contribution in [2.24, 2.45) is 16.3 Å². The normalized spacial score (nSPS) is 32.1. The first-order valence-corrected chi connectivity index (χ1v) is 10.2. The molecule has 4 rings (SSSR count). The minimum absolute atomic E-state index is 0. The van der Waals surface area contributed by atoms with Gasteiger partial charge in [0, 0.05) is 43.6 Å². The number of hydrogen-bond donors (Lipinski definition) is 2. The molecule has 1 amide bonds. The van der Waals surface area contributed by atoms with Crippen LogP contribution in [-0.2, 0) is 9.53 Å². The maximum Gasteiger partial charge on any atom is 0.244 e. The lowest BCUT2D eigenvalue weighted by molar-refractivity contribution is -0.128. The Labute approximate surface area is 173 Å². The van der Waals surface area contributed by atoms with Crippen molar-refractivity contribution in [3.63, 3.8) is 0 Å². The van der Waals surface area contributed by atoms with Crippen LogP contribution in [0.4, 0.5) is 0 Å². The number of halogens is 1. The molecule has 3 atom stereocenters. The van der Waals surface area contributed by atoms with Crippen LogP contribution in [0.15, 0.2) is 4.99 Å². The fourth-order valence-corrected chi connectivity index (χ4v) is 5.58. The van der Waals surface area contributed by atoms with Crippen molar-refractivity contribution >= 4 is 35.8 Å². The molecule has 0 aromatic heterocycles. The third-order valence-electron chi connectivity index (χ3n) is 6.75. The monoisotopic (exact) mass is 476 g/mol. The second-order valence-electron chi connectivity index (χ2n) is 8.09. The summed E-state index contributed by atoms with van der Waals surface area (Å²) in [5, 5.41) is 7.03. The van der Waals surface area contributed by atoms with E-state index in [1.165, 1.54) is 25.7 Å². The smallest absolute Gasteiger partial charge is 0.244 e. The minimum atomic E-state index is 0. The molecule has 2 saturated heterocycles. The Morgan fingerprint density at radius 3 is 2.65 bits per heavy atom. The molecule has 1 spiro atoms. The molecular weight excluding hydrogens is 443 g/mol. The fraction of sp³-hybridized carbons (Fsp3) is 0.895. The number of carbonyl (C=O) groups excluding carboxylic acids is 1. The standard InChI is InChI=1S/C19H32N4O2.HI/c1-2-20-18(21-13-15(24)23-10-5-6-11-23)22-16-14-7-12-25-17(14)19(16)8-3-4-9-19;/h14,16-17H,2-13H2,1H3,(H2,20,21,22);1H. The number of guanidine groups is 1. The maximum atomic E-state index is 12.3.